The van der Waals surface area contributed by atoms with E-state index in [1.54, 1.807) is 6.33 Å². The number of nitrogens with zero attached hydrogens (tertiary/aromatic N) is 2. The molecule has 88 valence electrons. The van der Waals surface area contributed by atoms with Crippen LogP contribution >= 0.6 is 0 Å². The van der Waals surface area contributed by atoms with Crippen LogP contribution in [-0.2, 0) is 6.42 Å². The molecule has 1 aromatic heterocycles. The zero-order valence-corrected chi connectivity index (χ0v) is 10.7. The van der Waals surface area contributed by atoms with E-state index in [2.05, 4.69) is 48.6 Å². The van der Waals surface area contributed by atoms with E-state index in [1.807, 2.05) is 6.92 Å². The molecule has 1 heterocycles. The normalized spacial score (nSPS) is 11.1. The van der Waals surface area contributed by atoms with E-state index in [9.17, 15) is 0 Å². The van der Waals surface area contributed by atoms with Crippen molar-refractivity contribution >= 4 is 16.5 Å². The number of hydrogen-bond donors (Lipinski definition) is 0. The molecule has 0 radical (unpaired) electrons. The molecule has 0 saturated heterocycles. The molecular formula is C15H18N2. The van der Waals surface area contributed by atoms with Crippen molar-refractivity contribution in [3.8, 4) is 0 Å². The van der Waals surface area contributed by atoms with E-state index >= 15 is 0 Å². The Kier molecular flexibility index (Phi) is 3.23. The van der Waals surface area contributed by atoms with E-state index in [0.29, 0.717) is 5.92 Å². The summed E-state index contributed by atoms with van der Waals surface area (Å²) in [6.07, 6.45) is 2.70. The molecule has 0 aliphatic carbocycles. The maximum absolute atomic E-state index is 4.34. The summed E-state index contributed by atoms with van der Waals surface area (Å²) in [6.45, 7) is 10.4. The first-order valence-corrected chi connectivity index (χ1v) is 5.97. The van der Waals surface area contributed by atoms with Gasteiger partial charge in [0.1, 0.15) is 6.33 Å². The smallest absolute Gasteiger partial charge is 0.116 e. The number of benzene rings is 1. The molecule has 1 aromatic carbocycles. The van der Waals surface area contributed by atoms with Crippen LogP contribution in [0.2, 0.25) is 0 Å². The van der Waals surface area contributed by atoms with Gasteiger partial charge in [-0.05, 0) is 36.5 Å². The van der Waals surface area contributed by atoms with Crippen LogP contribution in [0, 0.1) is 5.92 Å². The van der Waals surface area contributed by atoms with Gasteiger partial charge in [-0.2, -0.15) is 0 Å². The molecule has 0 fully saturated rings. The van der Waals surface area contributed by atoms with Gasteiger partial charge in [-0.25, -0.2) is 9.97 Å². The molecule has 2 heteroatoms. The number of allylic oxidation sites excluding steroid dienone is 1. The fourth-order valence-electron chi connectivity index (χ4n) is 2.04. The molecule has 0 spiro atoms. The average molecular weight is 226 g/mol. The van der Waals surface area contributed by atoms with E-state index in [4.69, 9.17) is 0 Å². The van der Waals surface area contributed by atoms with Gasteiger partial charge in [-0.3, -0.25) is 0 Å². The van der Waals surface area contributed by atoms with Crippen LogP contribution in [0.25, 0.3) is 16.5 Å². The molecule has 0 amide bonds. The standard InChI is InChI=1S/C15H18N2/c1-10(2)7-12-5-6-13-14(8-12)16-9-17-15(13)11(3)4/h5-6,8-10H,3,7H2,1-2,4H3. The van der Waals surface area contributed by atoms with Gasteiger partial charge in [-0.1, -0.05) is 32.6 Å². The highest BCUT2D eigenvalue weighted by Crippen LogP contribution is 2.22. The van der Waals surface area contributed by atoms with Gasteiger partial charge < -0.3 is 0 Å². The lowest BCUT2D eigenvalue weighted by molar-refractivity contribution is 0.647. The Bertz CT molecular complexity index is 556. The van der Waals surface area contributed by atoms with Crippen molar-refractivity contribution in [2.45, 2.75) is 27.2 Å². The van der Waals surface area contributed by atoms with Crippen molar-refractivity contribution in [3.05, 3.63) is 42.4 Å². The summed E-state index contributed by atoms with van der Waals surface area (Å²) in [5, 5.41) is 1.09. The molecule has 0 aliphatic heterocycles. The Morgan fingerprint density at radius 2 is 2.06 bits per heavy atom. The van der Waals surface area contributed by atoms with Gasteiger partial charge in [0.2, 0.25) is 0 Å². The zero-order chi connectivity index (χ0) is 12.4. The fraction of sp³-hybridized carbons (Fsp3) is 0.333. The highest BCUT2D eigenvalue weighted by Gasteiger charge is 2.05. The Morgan fingerprint density at radius 1 is 1.29 bits per heavy atom. The number of hydrogen-bond acceptors (Lipinski definition) is 2. The molecule has 0 unspecified atom stereocenters. The number of aromatic nitrogens is 2. The Balaban J connectivity index is 2.53. The lowest BCUT2D eigenvalue weighted by Gasteiger charge is -2.08. The van der Waals surface area contributed by atoms with Crippen LogP contribution < -0.4 is 0 Å². The number of rotatable bonds is 3. The van der Waals surface area contributed by atoms with Crippen molar-refractivity contribution in [1.82, 2.24) is 9.97 Å². The zero-order valence-electron chi connectivity index (χ0n) is 10.7. The third-order valence-electron chi connectivity index (χ3n) is 2.75. The summed E-state index contributed by atoms with van der Waals surface area (Å²) in [7, 11) is 0. The van der Waals surface area contributed by atoms with E-state index in [1.165, 1.54) is 5.56 Å². The van der Waals surface area contributed by atoms with Gasteiger partial charge in [0.15, 0.2) is 0 Å². The van der Waals surface area contributed by atoms with Crippen LogP contribution in [-0.4, -0.2) is 9.97 Å². The van der Waals surface area contributed by atoms with Crippen molar-refractivity contribution in [2.24, 2.45) is 5.92 Å². The van der Waals surface area contributed by atoms with Gasteiger partial charge in [0.05, 0.1) is 11.2 Å². The third-order valence-corrected chi connectivity index (χ3v) is 2.75. The summed E-state index contributed by atoms with van der Waals surface area (Å²) in [4.78, 5) is 8.63. The van der Waals surface area contributed by atoms with Crippen molar-refractivity contribution in [1.29, 1.82) is 0 Å². The summed E-state index contributed by atoms with van der Waals surface area (Å²) in [6, 6.07) is 6.43. The molecule has 0 bridgehead atoms. The molecule has 0 N–H and O–H groups in total. The fourth-order valence-corrected chi connectivity index (χ4v) is 2.04. The average Bonchev–Trinajstić information content (AvgIpc) is 2.26. The first kappa shape index (κ1) is 11.8. The maximum Gasteiger partial charge on any atom is 0.116 e. The maximum atomic E-state index is 4.34. The van der Waals surface area contributed by atoms with E-state index in [0.717, 1.165) is 28.6 Å². The SMILES string of the molecule is C=C(C)c1ncnc2cc(CC(C)C)ccc12. The van der Waals surface area contributed by atoms with Crippen LogP contribution in [0.15, 0.2) is 31.1 Å². The molecule has 0 saturated carbocycles. The van der Waals surface area contributed by atoms with Gasteiger partial charge in [-0.15, -0.1) is 0 Å². The largest absolute Gasteiger partial charge is 0.236 e. The molecule has 0 aliphatic rings. The van der Waals surface area contributed by atoms with Gasteiger partial charge in [0.25, 0.3) is 0 Å². The summed E-state index contributed by atoms with van der Waals surface area (Å²) in [5.74, 6) is 0.662. The molecular weight excluding hydrogens is 208 g/mol. The summed E-state index contributed by atoms with van der Waals surface area (Å²) >= 11 is 0. The van der Waals surface area contributed by atoms with Crippen molar-refractivity contribution in [3.63, 3.8) is 0 Å². The molecule has 0 atom stereocenters. The predicted octanol–water partition coefficient (Wildman–Crippen LogP) is 3.86. The Hall–Kier alpha value is -1.70. The first-order chi connectivity index (χ1) is 8.08. The third kappa shape index (κ3) is 2.52. The first-order valence-electron chi connectivity index (χ1n) is 5.97. The number of fused-ring (bicyclic) bond motifs is 1. The minimum atomic E-state index is 0.662. The van der Waals surface area contributed by atoms with Crippen LogP contribution in [0.1, 0.15) is 32.0 Å². The van der Waals surface area contributed by atoms with Crippen molar-refractivity contribution in [2.75, 3.05) is 0 Å². The Morgan fingerprint density at radius 3 is 2.71 bits per heavy atom. The summed E-state index contributed by atoms with van der Waals surface area (Å²) < 4.78 is 0. The van der Waals surface area contributed by atoms with Crippen molar-refractivity contribution < 1.29 is 0 Å². The van der Waals surface area contributed by atoms with Gasteiger partial charge in [0, 0.05) is 5.39 Å². The van der Waals surface area contributed by atoms with E-state index < -0.39 is 0 Å². The molecule has 17 heavy (non-hydrogen) atoms. The van der Waals surface area contributed by atoms with E-state index in [-0.39, 0.29) is 0 Å². The highest BCUT2D eigenvalue weighted by atomic mass is 14.8. The predicted molar refractivity (Wildman–Crippen MR) is 72.8 cm³/mol. The highest BCUT2D eigenvalue weighted by molar-refractivity contribution is 5.88. The second-order valence-electron chi connectivity index (χ2n) is 4.95. The van der Waals surface area contributed by atoms with Crippen LogP contribution in [0.5, 0.6) is 0 Å². The van der Waals surface area contributed by atoms with Gasteiger partial charge >= 0.3 is 0 Å². The topological polar surface area (TPSA) is 25.8 Å². The van der Waals surface area contributed by atoms with Crippen LogP contribution in [0.3, 0.4) is 0 Å². The second kappa shape index (κ2) is 4.66. The lowest BCUT2D eigenvalue weighted by atomic mass is 10.0. The summed E-state index contributed by atoms with van der Waals surface area (Å²) in [5.41, 5.74) is 4.27. The second-order valence-corrected chi connectivity index (χ2v) is 4.95. The minimum absolute atomic E-state index is 0.662. The Labute approximate surface area is 102 Å². The van der Waals surface area contributed by atoms with Crippen LogP contribution in [0.4, 0.5) is 0 Å². The minimum Gasteiger partial charge on any atom is -0.236 e. The molecule has 2 nitrogen and oxygen atoms in total. The lowest BCUT2D eigenvalue weighted by Crippen LogP contribution is -1.96. The molecule has 2 rings (SSSR count). The monoisotopic (exact) mass is 226 g/mol. The molecule has 2 aromatic rings. The quantitative estimate of drug-likeness (QED) is 0.794.